The number of hydrogen-bond acceptors (Lipinski definition) is 7. The minimum atomic E-state index is -0.844. The highest BCUT2D eigenvalue weighted by Crippen LogP contribution is 2.37. The predicted octanol–water partition coefficient (Wildman–Crippen LogP) is 2.95. The van der Waals surface area contributed by atoms with Crippen LogP contribution in [0, 0.1) is 0 Å². The van der Waals surface area contributed by atoms with Crippen LogP contribution >= 0.6 is 11.8 Å². The molecule has 0 atom stereocenters. The normalized spacial score (nSPS) is 11.6. The highest BCUT2D eigenvalue weighted by Gasteiger charge is 2.33. The lowest BCUT2D eigenvalue weighted by molar-refractivity contribution is -0.145. The molecule has 3 rings (SSSR count). The minimum absolute atomic E-state index is 0.0700. The van der Waals surface area contributed by atoms with Gasteiger partial charge in [0.2, 0.25) is 5.88 Å². The topological polar surface area (TPSA) is 90.1 Å². The monoisotopic (exact) mass is 358 g/mol. The van der Waals surface area contributed by atoms with Gasteiger partial charge in [-0.1, -0.05) is 30.0 Å². The molecule has 130 valence electrons. The van der Waals surface area contributed by atoms with E-state index in [1.54, 1.807) is 20.8 Å². The smallest absolute Gasteiger partial charge is 0.322 e. The van der Waals surface area contributed by atoms with Gasteiger partial charge in [-0.2, -0.15) is 9.78 Å². The second kappa shape index (κ2) is 6.72. The average Bonchev–Trinajstić information content (AvgIpc) is 2.94. The largest absolute Gasteiger partial charge is 0.492 e. The van der Waals surface area contributed by atoms with Crippen LogP contribution in [-0.4, -0.2) is 42.2 Å². The molecule has 2 aromatic heterocycles. The summed E-state index contributed by atoms with van der Waals surface area (Å²) < 4.78 is 5.67. The van der Waals surface area contributed by atoms with Crippen molar-refractivity contribution in [3.8, 4) is 11.6 Å². The van der Waals surface area contributed by atoms with E-state index in [0.717, 1.165) is 0 Å². The van der Waals surface area contributed by atoms with E-state index < -0.39 is 4.75 Å². The maximum absolute atomic E-state index is 12.1. The Balaban J connectivity index is 2.05. The van der Waals surface area contributed by atoms with Crippen molar-refractivity contribution in [1.82, 2.24) is 19.7 Å². The zero-order chi connectivity index (χ0) is 18.0. The third kappa shape index (κ3) is 3.30. The molecule has 0 aliphatic rings. The van der Waals surface area contributed by atoms with Crippen molar-refractivity contribution in [1.29, 1.82) is 0 Å². The van der Waals surface area contributed by atoms with Crippen LogP contribution in [0.3, 0.4) is 0 Å². The Labute approximate surface area is 149 Å². The van der Waals surface area contributed by atoms with Gasteiger partial charge in [0.05, 0.1) is 12.3 Å². The quantitative estimate of drug-likeness (QED) is 0.426. The maximum atomic E-state index is 12.1. The number of benzene rings is 1. The third-order valence-corrected chi connectivity index (χ3v) is 4.69. The fourth-order valence-corrected chi connectivity index (χ4v) is 3.24. The summed E-state index contributed by atoms with van der Waals surface area (Å²) in [5.41, 5.74) is 1.48. The highest BCUT2D eigenvalue weighted by molar-refractivity contribution is 8.01. The molecule has 0 fully saturated rings. The Bertz CT molecular complexity index is 909. The van der Waals surface area contributed by atoms with Gasteiger partial charge in [0.25, 0.3) is 0 Å². The molecule has 7 nitrogen and oxygen atoms in total. The minimum Gasteiger partial charge on any atom is -0.492 e. The summed E-state index contributed by atoms with van der Waals surface area (Å²) in [6, 6.07) is 9.24. The van der Waals surface area contributed by atoms with Crippen LogP contribution in [0.5, 0.6) is 5.88 Å². The van der Waals surface area contributed by atoms with E-state index in [-0.39, 0.29) is 11.8 Å². The number of fused-ring (bicyclic) bond motifs is 1. The van der Waals surface area contributed by atoms with Crippen LogP contribution in [0.4, 0.5) is 0 Å². The van der Waals surface area contributed by atoms with Crippen LogP contribution < -0.4 is 0 Å². The number of aromatic hydroxyl groups is 1. The van der Waals surface area contributed by atoms with Crippen molar-refractivity contribution in [2.75, 3.05) is 6.61 Å². The molecule has 2 heterocycles. The molecule has 0 aliphatic carbocycles. The molecule has 1 aromatic carbocycles. The number of carbonyl (C=O) groups excluding carboxylic acids is 1. The van der Waals surface area contributed by atoms with Crippen LogP contribution in [0.15, 0.2) is 41.7 Å². The Morgan fingerprint density at radius 1 is 1.24 bits per heavy atom. The van der Waals surface area contributed by atoms with Crippen molar-refractivity contribution in [2.24, 2.45) is 0 Å². The van der Waals surface area contributed by atoms with Crippen LogP contribution in [-0.2, 0) is 9.53 Å². The second-order valence-corrected chi connectivity index (χ2v) is 7.39. The van der Waals surface area contributed by atoms with Crippen molar-refractivity contribution >= 4 is 28.8 Å². The summed E-state index contributed by atoms with van der Waals surface area (Å²) in [6.45, 7) is 5.60. The standard InChI is InChI=1S/C17H18N4O3S/c1-4-24-16(23)17(2,3)25-14-12-13(18-10-19-14)15(22)21(20-12)11-8-6-5-7-9-11/h5-10,22H,4H2,1-3H3. The zero-order valence-electron chi connectivity index (χ0n) is 14.1. The van der Waals surface area contributed by atoms with Crippen molar-refractivity contribution in [3.05, 3.63) is 36.7 Å². The molecule has 0 amide bonds. The Morgan fingerprint density at radius 3 is 2.64 bits per heavy atom. The Morgan fingerprint density at radius 2 is 1.96 bits per heavy atom. The fraction of sp³-hybridized carbons (Fsp3) is 0.294. The van der Waals surface area contributed by atoms with E-state index in [9.17, 15) is 9.90 Å². The molecule has 0 saturated heterocycles. The van der Waals surface area contributed by atoms with E-state index in [0.29, 0.717) is 28.4 Å². The van der Waals surface area contributed by atoms with E-state index >= 15 is 0 Å². The highest BCUT2D eigenvalue weighted by atomic mass is 32.2. The van der Waals surface area contributed by atoms with E-state index in [1.165, 1.54) is 22.8 Å². The SMILES string of the molecule is CCOC(=O)C(C)(C)Sc1ncnc2c(O)n(-c3ccccc3)nc12. The third-order valence-electron chi connectivity index (χ3n) is 3.52. The predicted molar refractivity (Wildman–Crippen MR) is 94.9 cm³/mol. The van der Waals surface area contributed by atoms with Gasteiger partial charge in [0.15, 0.2) is 5.52 Å². The first kappa shape index (κ1) is 17.2. The number of aromatic nitrogens is 4. The lowest BCUT2D eigenvalue weighted by Gasteiger charge is -2.20. The first-order valence-electron chi connectivity index (χ1n) is 7.78. The summed E-state index contributed by atoms with van der Waals surface area (Å²) >= 11 is 1.23. The van der Waals surface area contributed by atoms with Crippen molar-refractivity contribution in [2.45, 2.75) is 30.5 Å². The second-order valence-electron chi connectivity index (χ2n) is 5.78. The molecule has 0 bridgehead atoms. The molecule has 0 unspecified atom stereocenters. The van der Waals surface area contributed by atoms with E-state index in [4.69, 9.17) is 4.74 Å². The van der Waals surface area contributed by atoms with Gasteiger partial charge in [-0.05, 0) is 32.9 Å². The van der Waals surface area contributed by atoms with Gasteiger partial charge in [0, 0.05) is 0 Å². The number of thioether (sulfide) groups is 1. The summed E-state index contributed by atoms with van der Waals surface area (Å²) in [5, 5.41) is 15.4. The number of esters is 1. The molecule has 1 N–H and O–H groups in total. The average molecular weight is 358 g/mol. The van der Waals surface area contributed by atoms with Gasteiger partial charge in [-0.25, -0.2) is 9.97 Å². The maximum Gasteiger partial charge on any atom is 0.322 e. The summed E-state index contributed by atoms with van der Waals surface area (Å²) in [4.78, 5) is 20.5. The van der Waals surface area contributed by atoms with Crippen LogP contribution in [0.25, 0.3) is 16.7 Å². The Hall–Kier alpha value is -2.61. The number of nitrogens with zero attached hydrogens (tertiary/aromatic N) is 4. The van der Waals surface area contributed by atoms with Gasteiger partial charge in [-0.15, -0.1) is 0 Å². The molecule has 3 aromatic rings. The Kier molecular flexibility index (Phi) is 4.63. The number of hydrogen-bond donors (Lipinski definition) is 1. The first-order valence-corrected chi connectivity index (χ1v) is 8.60. The summed E-state index contributed by atoms with van der Waals surface area (Å²) in [5.74, 6) is -0.405. The van der Waals surface area contributed by atoms with Gasteiger partial charge < -0.3 is 9.84 Å². The summed E-state index contributed by atoms with van der Waals surface area (Å²) in [7, 11) is 0. The van der Waals surface area contributed by atoms with Gasteiger partial charge >= 0.3 is 5.97 Å². The molecular formula is C17H18N4O3S. The lowest BCUT2D eigenvalue weighted by atomic mass is 10.2. The molecule has 25 heavy (non-hydrogen) atoms. The van der Waals surface area contributed by atoms with Crippen LogP contribution in [0.1, 0.15) is 20.8 Å². The zero-order valence-corrected chi connectivity index (χ0v) is 14.9. The lowest BCUT2D eigenvalue weighted by Crippen LogP contribution is -2.30. The number of ether oxygens (including phenoxy) is 1. The summed E-state index contributed by atoms with van der Waals surface area (Å²) in [6.07, 6.45) is 1.35. The number of rotatable bonds is 5. The number of carbonyl (C=O) groups is 1. The van der Waals surface area contributed by atoms with Crippen molar-refractivity contribution in [3.63, 3.8) is 0 Å². The molecular weight excluding hydrogens is 340 g/mol. The molecule has 8 heteroatoms. The van der Waals surface area contributed by atoms with Crippen LogP contribution in [0.2, 0.25) is 0 Å². The van der Waals surface area contributed by atoms with Gasteiger partial charge in [0.1, 0.15) is 21.6 Å². The van der Waals surface area contributed by atoms with Gasteiger partial charge in [-0.3, -0.25) is 4.79 Å². The van der Waals surface area contributed by atoms with Crippen molar-refractivity contribution < 1.29 is 14.6 Å². The van der Waals surface area contributed by atoms with E-state index in [2.05, 4.69) is 15.1 Å². The van der Waals surface area contributed by atoms with E-state index in [1.807, 2.05) is 30.3 Å². The molecule has 0 saturated carbocycles. The fourth-order valence-electron chi connectivity index (χ4n) is 2.28. The number of para-hydroxylation sites is 1. The molecule has 0 spiro atoms. The first-order chi connectivity index (χ1) is 11.9. The molecule has 0 aliphatic heterocycles. The molecule has 0 radical (unpaired) electrons.